The zero-order valence-electron chi connectivity index (χ0n) is 56.4. The van der Waals surface area contributed by atoms with Crippen molar-refractivity contribution in [2.45, 2.75) is 353 Å². The predicted octanol–water partition coefficient (Wildman–Crippen LogP) is -1.17. The van der Waals surface area contributed by atoms with E-state index in [2.05, 4.69) is 24.5 Å². The number of hydrogen-bond donors (Lipinski definition) is 18. The maximum absolute atomic E-state index is 13.4. The normalized spacial score (nSPS) is 36.6. The van der Waals surface area contributed by atoms with Crippen LogP contribution in [-0.2, 0) is 57.0 Å². The smallest absolute Gasteiger partial charge is 0.220 e. The van der Waals surface area contributed by atoms with Crippen LogP contribution in [0.4, 0.5) is 0 Å². The fraction of sp³-hybridized carbons (Fsp3) is 0.939. The molecule has 5 fully saturated rings. The molecule has 10 unspecified atom stereocenters. The van der Waals surface area contributed by atoms with Crippen LogP contribution in [0.2, 0.25) is 0 Å². The summed E-state index contributed by atoms with van der Waals surface area (Å²) in [5, 5.41) is 181. The molecule has 0 aromatic heterocycles. The zero-order valence-corrected chi connectivity index (χ0v) is 56.4. The largest absolute Gasteiger partial charge is 0.394 e. The van der Waals surface area contributed by atoms with Gasteiger partial charge in [-0.1, -0.05) is 167 Å². The molecule has 0 aromatic carbocycles. The minimum absolute atomic E-state index is 0.192. The van der Waals surface area contributed by atoms with Gasteiger partial charge in [0.2, 0.25) is 11.8 Å². The quantitative estimate of drug-likeness (QED) is 0.0252. The number of unbranched alkanes of at least 4 members (excludes halogenated alkanes) is 23. The molecule has 27 atom stereocenters. The van der Waals surface area contributed by atoms with Crippen molar-refractivity contribution < 1.29 is 139 Å². The van der Waals surface area contributed by atoms with Gasteiger partial charge < -0.3 is 140 Å². The van der Waals surface area contributed by atoms with Crippen molar-refractivity contribution in [2.75, 3.05) is 39.6 Å². The Hall–Kier alpha value is -2.36. The molecule has 5 saturated heterocycles. The summed E-state index contributed by atoms with van der Waals surface area (Å²) in [6.07, 6.45) is -14.1. The molecule has 18 N–H and O–H groups in total. The van der Waals surface area contributed by atoms with Crippen LogP contribution in [0.5, 0.6) is 0 Å². The zero-order chi connectivity index (χ0) is 70.3. The third kappa shape index (κ3) is 25.9. The molecule has 0 aliphatic carbocycles. The number of aliphatic hydroxyl groups excluding tert-OH is 16. The monoisotopic (exact) mass is 1390 g/mol. The van der Waals surface area contributed by atoms with E-state index >= 15 is 0 Å². The van der Waals surface area contributed by atoms with E-state index in [1.807, 2.05) is 6.08 Å². The molecule has 30 heteroatoms. The molecule has 562 valence electrons. The van der Waals surface area contributed by atoms with Gasteiger partial charge in [-0.05, 0) is 19.3 Å². The topological polar surface area (TPSA) is 474 Å². The molecule has 0 aromatic rings. The highest BCUT2D eigenvalue weighted by molar-refractivity contribution is 5.76. The first-order valence-electron chi connectivity index (χ1n) is 35.5. The minimum Gasteiger partial charge on any atom is -0.394 e. The molecule has 2 amide bonds. The summed E-state index contributed by atoms with van der Waals surface area (Å²) < 4.78 is 58.2. The molecule has 0 bridgehead atoms. The first-order valence-corrected chi connectivity index (χ1v) is 35.5. The Labute approximate surface area is 564 Å². The number of hydrogen-bond acceptors (Lipinski definition) is 28. The van der Waals surface area contributed by atoms with Crippen molar-refractivity contribution in [2.24, 2.45) is 0 Å². The molecular formula is C66H120N2O28. The number of nitrogens with one attached hydrogen (secondary N) is 2. The van der Waals surface area contributed by atoms with Crippen LogP contribution < -0.4 is 10.6 Å². The highest BCUT2D eigenvalue weighted by atomic mass is 16.8. The Morgan fingerprint density at radius 1 is 0.406 bits per heavy atom. The average Bonchev–Trinajstić information content (AvgIpc) is 0.775. The van der Waals surface area contributed by atoms with Crippen molar-refractivity contribution >= 4 is 11.8 Å². The van der Waals surface area contributed by atoms with Crippen LogP contribution in [0.1, 0.15) is 188 Å². The van der Waals surface area contributed by atoms with Crippen LogP contribution in [0, 0.1) is 0 Å². The number of aliphatic hydroxyl groups is 16. The summed E-state index contributed by atoms with van der Waals surface area (Å²) in [6.45, 7) is 0.316. The van der Waals surface area contributed by atoms with E-state index in [1.54, 1.807) is 6.08 Å². The van der Waals surface area contributed by atoms with Crippen LogP contribution in [0.25, 0.3) is 0 Å². The van der Waals surface area contributed by atoms with Crippen molar-refractivity contribution in [3.63, 3.8) is 0 Å². The number of amides is 2. The van der Waals surface area contributed by atoms with Gasteiger partial charge in [0.05, 0.1) is 51.8 Å². The molecule has 96 heavy (non-hydrogen) atoms. The van der Waals surface area contributed by atoms with Gasteiger partial charge in [-0.25, -0.2) is 0 Å². The second kappa shape index (κ2) is 45.6. The van der Waals surface area contributed by atoms with Crippen molar-refractivity contribution in [3.05, 3.63) is 12.2 Å². The number of carbonyl (C=O) groups is 2. The Bertz CT molecular complexity index is 2110. The molecule has 0 radical (unpaired) electrons. The van der Waals surface area contributed by atoms with Gasteiger partial charge in [-0.2, -0.15) is 0 Å². The van der Waals surface area contributed by atoms with Gasteiger partial charge in [-0.15, -0.1) is 0 Å². The van der Waals surface area contributed by atoms with Gasteiger partial charge in [-0.3, -0.25) is 9.59 Å². The SMILES string of the molecule is CCCCCCCCCCCCC/C=C/[C@@H](O)[C@H](CO[C@@H]1OC(CO)[C@@H](O[C@@H]2OC(CO)[C@H](O)[C@H](O[C@@H]3OC(CO)[C@@H](O[C@@H]4OC(CO)[C@H](O)[C@H](O[C@@H]5OC(CO)[C@H](O)[C@H](O)C5O)C4O)[C@H](O)C3NC(C)=O)C2O)[C@H](O)C1O)NC(=O)CCCCCCCCCCCCCCC. The third-order valence-electron chi connectivity index (χ3n) is 18.7. The lowest BCUT2D eigenvalue weighted by molar-refractivity contribution is -0.387. The lowest BCUT2D eigenvalue weighted by atomic mass is 9.94. The molecule has 5 aliphatic heterocycles. The highest BCUT2D eigenvalue weighted by Gasteiger charge is 2.57. The first-order chi connectivity index (χ1) is 46.2. The molecule has 5 heterocycles. The van der Waals surface area contributed by atoms with Crippen molar-refractivity contribution in [1.29, 1.82) is 0 Å². The van der Waals surface area contributed by atoms with E-state index in [4.69, 9.17) is 47.4 Å². The summed E-state index contributed by atoms with van der Waals surface area (Å²) in [6, 6.07) is -2.81. The predicted molar refractivity (Wildman–Crippen MR) is 340 cm³/mol. The van der Waals surface area contributed by atoms with Crippen LogP contribution in [0.3, 0.4) is 0 Å². The second-order valence-corrected chi connectivity index (χ2v) is 26.4. The summed E-state index contributed by atoms with van der Waals surface area (Å²) in [5.74, 6) is -1.16. The van der Waals surface area contributed by atoms with E-state index in [0.29, 0.717) is 12.8 Å². The lowest BCUT2D eigenvalue weighted by Gasteiger charge is -2.50. The summed E-state index contributed by atoms with van der Waals surface area (Å²) >= 11 is 0. The Morgan fingerprint density at radius 3 is 1.22 bits per heavy atom. The maximum atomic E-state index is 13.4. The molecule has 0 spiro atoms. The third-order valence-corrected chi connectivity index (χ3v) is 18.7. The number of ether oxygens (including phenoxy) is 10. The maximum Gasteiger partial charge on any atom is 0.220 e. The second-order valence-electron chi connectivity index (χ2n) is 26.4. The highest BCUT2D eigenvalue weighted by Crippen LogP contribution is 2.36. The van der Waals surface area contributed by atoms with Crippen LogP contribution >= 0.6 is 0 Å². The van der Waals surface area contributed by atoms with E-state index < -0.39 is 211 Å². The number of carbonyl (C=O) groups excluding carboxylic acids is 2. The van der Waals surface area contributed by atoms with Crippen LogP contribution in [-0.4, -0.2) is 299 Å². The van der Waals surface area contributed by atoms with Gasteiger partial charge in [0.1, 0.15) is 122 Å². The average molecular weight is 1390 g/mol. The van der Waals surface area contributed by atoms with Crippen LogP contribution in [0.15, 0.2) is 12.2 Å². The first kappa shape index (κ1) is 84.3. The van der Waals surface area contributed by atoms with Crippen molar-refractivity contribution in [1.82, 2.24) is 10.6 Å². The number of rotatable bonds is 46. The van der Waals surface area contributed by atoms with Crippen molar-refractivity contribution in [3.8, 4) is 0 Å². The number of allylic oxidation sites excluding steroid dienone is 1. The molecular weight excluding hydrogens is 1270 g/mol. The molecule has 5 aliphatic rings. The van der Waals surface area contributed by atoms with Gasteiger partial charge in [0.25, 0.3) is 0 Å². The Kier molecular flexibility index (Phi) is 40.0. The van der Waals surface area contributed by atoms with Gasteiger partial charge >= 0.3 is 0 Å². The molecule has 0 saturated carbocycles. The Morgan fingerprint density at radius 2 is 0.771 bits per heavy atom. The van der Waals surface area contributed by atoms with E-state index in [9.17, 15) is 91.3 Å². The molecule has 5 rings (SSSR count). The van der Waals surface area contributed by atoms with E-state index in [-0.39, 0.29) is 12.3 Å². The van der Waals surface area contributed by atoms with Gasteiger partial charge in [0, 0.05) is 13.3 Å². The molecule has 30 nitrogen and oxygen atoms in total. The fourth-order valence-corrected chi connectivity index (χ4v) is 12.9. The minimum atomic E-state index is -2.15. The lowest BCUT2D eigenvalue weighted by Crippen LogP contribution is -2.70. The van der Waals surface area contributed by atoms with Gasteiger partial charge in [0.15, 0.2) is 31.5 Å². The van der Waals surface area contributed by atoms with E-state index in [0.717, 1.165) is 58.3 Å². The standard InChI is InChI=1S/C66H120N2O28/c1-4-6-8-10-12-14-16-18-20-22-24-26-28-30-40(75)39(68-46(76)31-29-27-25-23-21-19-17-15-13-11-9-7-5-2)37-87-63-55(84)53(82)59(45(36-73)92-63)94-66-56(85)60(49(78)42(33-70)90-66)95-62-47(67-38(3)74)51(80)58(44(35-72)91-62)93-65-57(86)61(50(79)43(34-71)89-65)96-64-54(83)52(81)48(77)41(32-69)88-64/h28,30,39-45,47-66,69-73,75,77-86H,4-27,29,31-37H2,1-3H3,(H,67,74)(H,68,76)/b30-28+/t39-,40+,41?,42?,43?,44?,45?,47?,48-,49-,50-,51+,52-,53+,54?,55?,56?,57?,58+,59+,60-,61-,62-,63+,64-,65-,66-/m0/s1. The summed E-state index contributed by atoms with van der Waals surface area (Å²) in [5.41, 5.74) is 0. The summed E-state index contributed by atoms with van der Waals surface area (Å²) in [4.78, 5) is 26.2. The summed E-state index contributed by atoms with van der Waals surface area (Å²) in [7, 11) is 0. The Balaban J connectivity index is 1.22. The van der Waals surface area contributed by atoms with E-state index in [1.165, 1.54) is 96.3 Å². The fourth-order valence-electron chi connectivity index (χ4n) is 12.9.